The Labute approximate surface area is 134 Å². The van der Waals surface area contributed by atoms with E-state index in [1.54, 1.807) is 11.3 Å². The Kier molecular flexibility index (Phi) is 3.48. The van der Waals surface area contributed by atoms with Crippen LogP contribution in [-0.2, 0) is 12.8 Å². The summed E-state index contributed by atoms with van der Waals surface area (Å²) in [6, 6.07) is 2.24. The monoisotopic (exact) mass is 315 g/mol. The number of aromatic nitrogens is 3. The van der Waals surface area contributed by atoms with Crippen molar-refractivity contribution in [2.24, 2.45) is 5.92 Å². The van der Waals surface area contributed by atoms with Gasteiger partial charge in [0.05, 0.1) is 11.4 Å². The summed E-state index contributed by atoms with van der Waals surface area (Å²) in [5, 5.41) is 13.3. The average Bonchev–Trinajstić information content (AvgIpc) is 3.04. The quantitative estimate of drug-likeness (QED) is 0.940. The van der Waals surface area contributed by atoms with E-state index in [9.17, 15) is 0 Å². The van der Waals surface area contributed by atoms with Gasteiger partial charge in [0.25, 0.3) is 0 Å². The van der Waals surface area contributed by atoms with Crippen LogP contribution in [0.1, 0.15) is 28.2 Å². The lowest BCUT2D eigenvalue weighted by Crippen LogP contribution is -2.50. The number of anilines is 2. The maximum Gasteiger partial charge on any atom is 0.183 e. The van der Waals surface area contributed by atoms with E-state index in [-0.39, 0.29) is 0 Å². The van der Waals surface area contributed by atoms with Crippen LogP contribution in [0.25, 0.3) is 0 Å². The first kappa shape index (κ1) is 13.9. The predicted molar refractivity (Wildman–Crippen MR) is 89.8 cm³/mol. The third-order valence-electron chi connectivity index (χ3n) is 4.66. The van der Waals surface area contributed by atoms with Crippen molar-refractivity contribution in [3.63, 3.8) is 0 Å². The number of hydrogen-bond acceptors (Lipinski definition) is 6. The normalized spacial score (nSPS) is 17.5. The fourth-order valence-corrected chi connectivity index (χ4v) is 3.96. The topological polar surface area (TPSA) is 53.9 Å². The maximum atomic E-state index is 4.53. The van der Waals surface area contributed by atoms with Gasteiger partial charge >= 0.3 is 0 Å². The Morgan fingerprint density at radius 3 is 2.91 bits per heavy atom. The van der Waals surface area contributed by atoms with Crippen LogP contribution >= 0.6 is 11.3 Å². The SMILES string of the molecule is Cc1nc(NCC2CN(c3cc4c(nn3)CCC4)C2)sc1C. The number of fused-ring (bicyclic) bond motifs is 1. The maximum absolute atomic E-state index is 4.53. The van der Waals surface area contributed by atoms with E-state index in [1.807, 2.05) is 0 Å². The zero-order valence-corrected chi connectivity index (χ0v) is 13.9. The first-order chi connectivity index (χ1) is 10.7. The van der Waals surface area contributed by atoms with E-state index >= 15 is 0 Å². The van der Waals surface area contributed by atoms with Gasteiger partial charge in [-0.15, -0.1) is 16.4 Å². The highest BCUT2D eigenvalue weighted by Crippen LogP contribution is 2.28. The van der Waals surface area contributed by atoms with Crippen molar-refractivity contribution >= 4 is 22.3 Å². The molecule has 3 heterocycles. The molecule has 2 aliphatic rings. The van der Waals surface area contributed by atoms with Crippen molar-refractivity contribution in [3.8, 4) is 0 Å². The zero-order valence-electron chi connectivity index (χ0n) is 13.1. The molecule has 0 amide bonds. The molecule has 0 aromatic carbocycles. The molecule has 4 rings (SSSR count). The summed E-state index contributed by atoms with van der Waals surface area (Å²) < 4.78 is 0. The summed E-state index contributed by atoms with van der Waals surface area (Å²) in [5.41, 5.74) is 3.74. The lowest BCUT2D eigenvalue weighted by atomic mass is 10.00. The van der Waals surface area contributed by atoms with Gasteiger partial charge in [-0.2, -0.15) is 5.10 Å². The number of aryl methyl sites for hydroxylation is 4. The Bertz CT molecular complexity index is 670. The first-order valence-electron chi connectivity index (χ1n) is 7.97. The molecule has 1 saturated heterocycles. The number of thiazole rings is 1. The van der Waals surface area contributed by atoms with Gasteiger partial charge in [-0.25, -0.2) is 4.98 Å². The van der Waals surface area contributed by atoms with Crippen molar-refractivity contribution in [3.05, 3.63) is 27.9 Å². The molecular weight excluding hydrogens is 294 g/mol. The van der Waals surface area contributed by atoms with Crippen molar-refractivity contribution < 1.29 is 0 Å². The van der Waals surface area contributed by atoms with Crippen LogP contribution in [0, 0.1) is 19.8 Å². The van der Waals surface area contributed by atoms with Gasteiger partial charge in [0, 0.05) is 30.4 Å². The van der Waals surface area contributed by atoms with Crippen molar-refractivity contribution in [1.29, 1.82) is 0 Å². The second-order valence-corrected chi connectivity index (χ2v) is 7.54. The molecule has 0 atom stereocenters. The lowest BCUT2D eigenvalue weighted by molar-refractivity contribution is 0.425. The highest BCUT2D eigenvalue weighted by molar-refractivity contribution is 7.15. The fraction of sp³-hybridized carbons (Fsp3) is 0.562. The molecule has 0 bridgehead atoms. The van der Waals surface area contributed by atoms with Gasteiger partial charge in [-0.1, -0.05) is 0 Å². The van der Waals surface area contributed by atoms with E-state index in [1.165, 1.54) is 29.0 Å². The second-order valence-electron chi connectivity index (χ2n) is 6.34. The predicted octanol–water partition coefficient (Wildman–Crippen LogP) is 2.59. The zero-order chi connectivity index (χ0) is 15.1. The molecule has 5 nitrogen and oxygen atoms in total. The minimum Gasteiger partial charge on any atom is -0.361 e. The van der Waals surface area contributed by atoms with Crippen LogP contribution in [0.4, 0.5) is 10.9 Å². The van der Waals surface area contributed by atoms with Crippen molar-refractivity contribution in [2.75, 3.05) is 29.9 Å². The number of nitrogens with one attached hydrogen (secondary N) is 1. The average molecular weight is 315 g/mol. The molecule has 116 valence electrons. The molecular formula is C16H21N5S. The van der Waals surface area contributed by atoms with Crippen LogP contribution in [0.2, 0.25) is 0 Å². The van der Waals surface area contributed by atoms with Gasteiger partial charge in [0.15, 0.2) is 10.9 Å². The van der Waals surface area contributed by atoms with E-state index < -0.39 is 0 Å². The summed E-state index contributed by atoms with van der Waals surface area (Å²) in [7, 11) is 0. The Balaban J connectivity index is 1.30. The fourth-order valence-electron chi connectivity index (χ4n) is 3.14. The van der Waals surface area contributed by atoms with Crippen LogP contribution in [-0.4, -0.2) is 34.8 Å². The van der Waals surface area contributed by atoms with Gasteiger partial charge in [-0.05, 0) is 44.7 Å². The van der Waals surface area contributed by atoms with Crippen LogP contribution in [0.3, 0.4) is 0 Å². The molecule has 2 aromatic heterocycles. The van der Waals surface area contributed by atoms with Crippen molar-refractivity contribution in [2.45, 2.75) is 33.1 Å². The molecule has 6 heteroatoms. The first-order valence-corrected chi connectivity index (χ1v) is 8.79. The van der Waals surface area contributed by atoms with E-state index in [0.717, 1.165) is 42.7 Å². The molecule has 0 spiro atoms. The van der Waals surface area contributed by atoms with E-state index in [0.29, 0.717) is 5.92 Å². The summed E-state index contributed by atoms with van der Waals surface area (Å²) in [6.45, 7) is 7.29. The smallest absolute Gasteiger partial charge is 0.183 e. The Hall–Kier alpha value is -1.69. The Morgan fingerprint density at radius 2 is 2.14 bits per heavy atom. The Morgan fingerprint density at radius 1 is 1.27 bits per heavy atom. The standard InChI is InChI=1S/C16H21N5S/c1-10-11(2)22-16(18-10)17-7-12-8-21(9-12)15-6-13-4-3-5-14(13)19-20-15/h6,12H,3-5,7-9H2,1-2H3,(H,17,18). The number of nitrogens with zero attached hydrogens (tertiary/aromatic N) is 4. The van der Waals surface area contributed by atoms with E-state index in [2.05, 4.69) is 45.3 Å². The van der Waals surface area contributed by atoms with Crippen LogP contribution < -0.4 is 10.2 Å². The van der Waals surface area contributed by atoms with Gasteiger partial charge in [0.1, 0.15) is 0 Å². The minimum absolute atomic E-state index is 0.666. The molecule has 1 fully saturated rings. The van der Waals surface area contributed by atoms with Crippen molar-refractivity contribution in [1.82, 2.24) is 15.2 Å². The third kappa shape index (κ3) is 2.56. The summed E-state index contributed by atoms with van der Waals surface area (Å²) >= 11 is 1.74. The summed E-state index contributed by atoms with van der Waals surface area (Å²) in [6.07, 6.45) is 3.49. The molecule has 1 aliphatic heterocycles. The van der Waals surface area contributed by atoms with E-state index in [4.69, 9.17) is 0 Å². The minimum atomic E-state index is 0.666. The van der Waals surface area contributed by atoms with Crippen LogP contribution in [0.15, 0.2) is 6.07 Å². The van der Waals surface area contributed by atoms with Crippen LogP contribution in [0.5, 0.6) is 0 Å². The highest BCUT2D eigenvalue weighted by atomic mass is 32.1. The number of rotatable bonds is 4. The molecule has 0 unspecified atom stereocenters. The van der Waals surface area contributed by atoms with Gasteiger partial charge in [-0.3, -0.25) is 0 Å². The highest BCUT2D eigenvalue weighted by Gasteiger charge is 2.29. The third-order valence-corrected chi connectivity index (χ3v) is 5.69. The molecule has 1 N–H and O–H groups in total. The van der Waals surface area contributed by atoms with Gasteiger partial charge < -0.3 is 10.2 Å². The molecule has 1 aliphatic carbocycles. The number of hydrogen-bond donors (Lipinski definition) is 1. The summed E-state index contributed by atoms with van der Waals surface area (Å²) in [5.74, 6) is 1.72. The summed E-state index contributed by atoms with van der Waals surface area (Å²) in [4.78, 5) is 8.16. The molecule has 2 aromatic rings. The molecule has 0 radical (unpaired) electrons. The largest absolute Gasteiger partial charge is 0.361 e. The molecule has 22 heavy (non-hydrogen) atoms. The second kappa shape index (κ2) is 5.50. The lowest BCUT2D eigenvalue weighted by Gasteiger charge is -2.40. The molecule has 0 saturated carbocycles. The van der Waals surface area contributed by atoms with Gasteiger partial charge in [0.2, 0.25) is 0 Å².